The summed E-state index contributed by atoms with van der Waals surface area (Å²) in [6.07, 6.45) is 0.665. The maximum absolute atomic E-state index is 12.4. The van der Waals surface area contributed by atoms with Crippen molar-refractivity contribution < 1.29 is 24.3 Å². The fraction of sp³-hybridized carbons (Fsp3) is 0.444. The monoisotopic (exact) mass is 348 g/mol. The van der Waals surface area contributed by atoms with Gasteiger partial charge in [0.2, 0.25) is 11.8 Å². The predicted octanol–water partition coefficient (Wildman–Crippen LogP) is 1.06. The molecule has 0 unspecified atom stereocenters. The molecule has 0 aliphatic rings. The number of amides is 2. The number of carbonyl (C=O) groups excluding carboxylic acids is 3. The average molecular weight is 348 g/mol. The van der Waals surface area contributed by atoms with Gasteiger partial charge >= 0.3 is 5.97 Å². The van der Waals surface area contributed by atoms with E-state index in [0.29, 0.717) is 6.42 Å². The van der Waals surface area contributed by atoms with Crippen molar-refractivity contribution in [3.63, 3.8) is 0 Å². The summed E-state index contributed by atoms with van der Waals surface area (Å²) in [6.45, 7) is 2.99. The number of ketones is 1. The predicted molar refractivity (Wildman–Crippen MR) is 91.8 cm³/mol. The normalized spacial score (nSPS) is 12.7. The van der Waals surface area contributed by atoms with Crippen LogP contribution in [0.1, 0.15) is 38.7 Å². The molecular formula is C18H24N2O5. The Morgan fingerprint density at radius 1 is 1.04 bits per heavy atom. The zero-order chi connectivity index (χ0) is 18.8. The third-order valence-corrected chi connectivity index (χ3v) is 3.70. The average Bonchev–Trinajstić information content (AvgIpc) is 2.57. The van der Waals surface area contributed by atoms with Crippen LogP contribution in [0.4, 0.5) is 0 Å². The van der Waals surface area contributed by atoms with Gasteiger partial charge in [0.1, 0.15) is 17.9 Å². The van der Waals surface area contributed by atoms with Gasteiger partial charge in [0.25, 0.3) is 0 Å². The van der Waals surface area contributed by atoms with Crippen molar-refractivity contribution in [1.82, 2.24) is 10.6 Å². The van der Waals surface area contributed by atoms with Gasteiger partial charge < -0.3 is 15.7 Å². The molecule has 25 heavy (non-hydrogen) atoms. The molecule has 3 N–H and O–H groups in total. The van der Waals surface area contributed by atoms with Gasteiger partial charge in [0.05, 0.1) is 0 Å². The Kier molecular flexibility index (Phi) is 8.32. The number of benzene rings is 1. The van der Waals surface area contributed by atoms with Crippen LogP contribution in [-0.4, -0.2) is 40.8 Å². The molecule has 1 aromatic carbocycles. The Morgan fingerprint density at radius 2 is 1.68 bits per heavy atom. The summed E-state index contributed by atoms with van der Waals surface area (Å²) in [7, 11) is 0. The quantitative estimate of drug-likeness (QED) is 0.585. The number of aliphatic carboxylic acids is 1. The minimum atomic E-state index is -1.21. The molecule has 2 amide bonds. The summed E-state index contributed by atoms with van der Waals surface area (Å²) in [5.74, 6) is -2.25. The van der Waals surface area contributed by atoms with Crippen molar-refractivity contribution in [2.45, 2.75) is 51.6 Å². The highest BCUT2D eigenvalue weighted by molar-refractivity contribution is 5.90. The molecule has 0 aliphatic carbocycles. The molecule has 0 aliphatic heterocycles. The van der Waals surface area contributed by atoms with E-state index in [4.69, 9.17) is 0 Å². The molecule has 0 bridgehead atoms. The van der Waals surface area contributed by atoms with E-state index in [1.54, 1.807) is 6.92 Å². The molecule has 136 valence electrons. The minimum Gasteiger partial charge on any atom is -0.480 e. The van der Waals surface area contributed by atoms with Gasteiger partial charge in [-0.2, -0.15) is 0 Å². The lowest BCUT2D eigenvalue weighted by Gasteiger charge is -2.21. The second-order valence-electron chi connectivity index (χ2n) is 5.77. The molecule has 0 fully saturated rings. The molecule has 0 saturated heterocycles. The van der Waals surface area contributed by atoms with Crippen molar-refractivity contribution in [3.8, 4) is 0 Å². The Labute approximate surface area is 146 Å². The number of hydrogen-bond donors (Lipinski definition) is 3. The first-order chi connectivity index (χ1) is 11.8. The maximum Gasteiger partial charge on any atom is 0.326 e. The molecule has 0 heterocycles. The van der Waals surface area contributed by atoms with E-state index in [0.717, 1.165) is 5.56 Å². The molecule has 1 aromatic rings. The minimum absolute atomic E-state index is 0.0197. The third kappa shape index (κ3) is 7.60. The Bertz CT molecular complexity index is 615. The summed E-state index contributed by atoms with van der Waals surface area (Å²) in [5, 5.41) is 14.2. The van der Waals surface area contributed by atoms with E-state index in [1.807, 2.05) is 30.3 Å². The Hall–Kier alpha value is -2.70. The number of hydrogen-bond acceptors (Lipinski definition) is 4. The molecule has 2 atom stereocenters. The number of carboxylic acids is 1. The van der Waals surface area contributed by atoms with E-state index >= 15 is 0 Å². The van der Waals surface area contributed by atoms with Gasteiger partial charge in [-0.3, -0.25) is 14.4 Å². The number of rotatable bonds is 10. The summed E-state index contributed by atoms with van der Waals surface area (Å²) >= 11 is 0. The lowest BCUT2D eigenvalue weighted by molar-refractivity contribution is -0.142. The van der Waals surface area contributed by atoms with E-state index in [9.17, 15) is 24.3 Å². The van der Waals surface area contributed by atoms with Crippen molar-refractivity contribution in [2.24, 2.45) is 0 Å². The van der Waals surface area contributed by atoms with Crippen LogP contribution in [0.25, 0.3) is 0 Å². The van der Waals surface area contributed by atoms with Crippen LogP contribution in [-0.2, 0) is 25.6 Å². The Balaban J connectivity index is 2.78. The number of nitrogens with one attached hydrogen (secondary N) is 2. The molecule has 7 nitrogen and oxygen atoms in total. The molecule has 0 aromatic heterocycles. The SMILES string of the molecule is CCC(=O)CC[C@@H](NC(=O)[C@H](Cc1ccccc1)NC(C)=O)C(=O)O. The van der Waals surface area contributed by atoms with Crippen molar-refractivity contribution in [2.75, 3.05) is 0 Å². The smallest absolute Gasteiger partial charge is 0.326 e. The van der Waals surface area contributed by atoms with Crippen LogP contribution >= 0.6 is 0 Å². The molecule has 7 heteroatoms. The van der Waals surface area contributed by atoms with Crippen molar-refractivity contribution in [1.29, 1.82) is 0 Å². The fourth-order valence-electron chi connectivity index (χ4n) is 2.32. The van der Waals surface area contributed by atoms with Gasteiger partial charge in [-0.1, -0.05) is 37.3 Å². The van der Waals surface area contributed by atoms with E-state index in [2.05, 4.69) is 10.6 Å². The van der Waals surface area contributed by atoms with E-state index < -0.39 is 24.0 Å². The van der Waals surface area contributed by atoms with Crippen LogP contribution in [0.15, 0.2) is 30.3 Å². The van der Waals surface area contributed by atoms with Gasteiger partial charge in [-0.25, -0.2) is 4.79 Å². The highest BCUT2D eigenvalue weighted by Gasteiger charge is 2.26. The summed E-state index contributed by atoms with van der Waals surface area (Å²) < 4.78 is 0. The van der Waals surface area contributed by atoms with Crippen LogP contribution in [0.2, 0.25) is 0 Å². The highest BCUT2D eigenvalue weighted by Crippen LogP contribution is 2.06. The number of Topliss-reactive ketones (excluding diaryl/α,β-unsaturated/α-hetero) is 1. The fourth-order valence-corrected chi connectivity index (χ4v) is 2.32. The first kappa shape index (κ1) is 20.3. The zero-order valence-electron chi connectivity index (χ0n) is 14.5. The van der Waals surface area contributed by atoms with Gasteiger partial charge in [-0.05, 0) is 12.0 Å². The number of carbonyl (C=O) groups is 4. The molecule has 0 spiro atoms. The van der Waals surface area contributed by atoms with Gasteiger partial charge in [0.15, 0.2) is 0 Å². The summed E-state index contributed by atoms with van der Waals surface area (Å²) in [5.41, 5.74) is 0.837. The standard InChI is InChI=1S/C18H24N2O5/c1-3-14(22)9-10-15(18(24)25)20-17(23)16(19-12(2)21)11-13-7-5-4-6-8-13/h4-8,15-16H,3,9-11H2,1-2H3,(H,19,21)(H,20,23)(H,24,25)/t15-,16+/m1/s1. The third-order valence-electron chi connectivity index (χ3n) is 3.70. The number of carboxylic acid groups (broad SMARTS) is 1. The van der Waals surface area contributed by atoms with Crippen LogP contribution < -0.4 is 10.6 Å². The van der Waals surface area contributed by atoms with Crippen LogP contribution in [0, 0.1) is 0 Å². The van der Waals surface area contributed by atoms with Gasteiger partial charge in [-0.15, -0.1) is 0 Å². The zero-order valence-corrected chi connectivity index (χ0v) is 14.5. The summed E-state index contributed by atoms with van der Waals surface area (Å²) in [4.78, 5) is 46.5. The molecule has 0 saturated carbocycles. The van der Waals surface area contributed by atoms with Gasteiger partial charge in [0, 0.05) is 26.2 Å². The van der Waals surface area contributed by atoms with Crippen molar-refractivity contribution >= 4 is 23.6 Å². The Morgan fingerprint density at radius 3 is 2.20 bits per heavy atom. The maximum atomic E-state index is 12.4. The van der Waals surface area contributed by atoms with Crippen molar-refractivity contribution in [3.05, 3.63) is 35.9 Å². The molecular weight excluding hydrogens is 324 g/mol. The molecule has 0 radical (unpaired) electrons. The lowest BCUT2D eigenvalue weighted by atomic mass is 10.0. The van der Waals surface area contributed by atoms with E-state index in [1.165, 1.54) is 6.92 Å². The second kappa shape index (κ2) is 10.2. The lowest BCUT2D eigenvalue weighted by Crippen LogP contribution is -2.52. The molecule has 1 rings (SSSR count). The topological polar surface area (TPSA) is 113 Å². The first-order valence-electron chi connectivity index (χ1n) is 8.19. The van der Waals surface area contributed by atoms with Crippen LogP contribution in [0.3, 0.4) is 0 Å². The summed E-state index contributed by atoms with van der Waals surface area (Å²) in [6, 6.07) is 7.04. The first-order valence-corrected chi connectivity index (χ1v) is 8.19. The highest BCUT2D eigenvalue weighted by atomic mass is 16.4. The largest absolute Gasteiger partial charge is 0.480 e. The van der Waals surface area contributed by atoms with E-state index in [-0.39, 0.29) is 31.0 Å². The van der Waals surface area contributed by atoms with Crippen LogP contribution in [0.5, 0.6) is 0 Å². The second-order valence-corrected chi connectivity index (χ2v) is 5.77.